The Hall–Kier alpha value is -4.43. The van der Waals surface area contributed by atoms with Crippen molar-refractivity contribution in [3.05, 3.63) is 132 Å². The van der Waals surface area contributed by atoms with Gasteiger partial charge in [-0.15, -0.1) is 0 Å². The number of ether oxygens (including phenoxy) is 2. The van der Waals surface area contributed by atoms with E-state index < -0.39 is 26.7 Å². The number of carbonyl (C=O) groups excluding carboxylic acids is 2. The maximum Gasteiger partial charge on any atom is 0.355 e. The van der Waals surface area contributed by atoms with Gasteiger partial charge in [0.05, 0.1) is 11.4 Å². The minimum absolute atomic E-state index is 0.0304. The molecule has 0 N–H and O–H groups in total. The molecule has 0 aliphatic carbocycles. The highest BCUT2D eigenvalue weighted by Crippen LogP contribution is 2.22. The zero-order chi connectivity index (χ0) is 26.5. The Morgan fingerprint density at radius 3 is 2.08 bits per heavy atom. The summed E-state index contributed by atoms with van der Waals surface area (Å²) in [5, 5.41) is 0. The summed E-state index contributed by atoms with van der Waals surface area (Å²) in [5.74, 6) is -1.32. The first kappa shape index (κ1) is 27.2. The minimum Gasteiger partial charge on any atom is -0.461 e. The van der Waals surface area contributed by atoms with E-state index in [2.05, 4.69) is 6.58 Å². The lowest BCUT2D eigenvalue weighted by atomic mass is 10.2. The van der Waals surface area contributed by atoms with Crippen LogP contribution in [0.2, 0.25) is 0 Å². The molecule has 7 nitrogen and oxygen atoms in total. The molecule has 37 heavy (non-hydrogen) atoms. The monoisotopic (exact) mass is 517 g/mol. The van der Waals surface area contributed by atoms with Crippen LogP contribution in [0.1, 0.15) is 5.56 Å². The molecule has 0 aromatic heterocycles. The number of para-hydroxylation sites is 1. The van der Waals surface area contributed by atoms with Crippen LogP contribution in [0, 0.1) is 0 Å². The van der Waals surface area contributed by atoms with E-state index >= 15 is 0 Å². The molecule has 190 valence electrons. The number of benzene rings is 3. The Morgan fingerprint density at radius 1 is 0.865 bits per heavy atom. The van der Waals surface area contributed by atoms with Crippen LogP contribution in [-0.2, 0) is 30.7 Å². The number of hydrogen-bond acceptors (Lipinski definition) is 7. The average molecular weight is 518 g/mol. The molecule has 3 aromatic carbocycles. The molecule has 8 heteroatoms. The quantitative estimate of drug-likeness (QED) is 0.149. The largest absolute Gasteiger partial charge is 0.461 e. The fourth-order valence-electron chi connectivity index (χ4n) is 3.24. The van der Waals surface area contributed by atoms with Gasteiger partial charge in [-0.25, -0.2) is 18.0 Å². The highest BCUT2D eigenvalue weighted by atomic mass is 32.2. The summed E-state index contributed by atoms with van der Waals surface area (Å²) in [6.45, 7) is 4.26. The van der Waals surface area contributed by atoms with E-state index in [9.17, 15) is 18.0 Å². The topological polar surface area (TPSA) is 90.0 Å². The number of hydrogen-bond donors (Lipinski definition) is 0. The van der Waals surface area contributed by atoms with Crippen molar-refractivity contribution < 1.29 is 27.5 Å². The maximum atomic E-state index is 13.3. The van der Waals surface area contributed by atoms with Gasteiger partial charge >= 0.3 is 11.9 Å². The van der Waals surface area contributed by atoms with E-state index in [0.717, 1.165) is 11.6 Å². The highest BCUT2D eigenvalue weighted by Gasteiger charge is 2.28. The average Bonchev–Trinajstić information content (AvgIpc) is 2.92. The second kappa shape index (κ2) is 13.6. The van der Waals surface area contributed by atoms with E-state index in [1.807, 2.05) is 35.2 Å². The van der Waals surface area contributed by atoms with Gasteiger partial charge in [0.1, 0.15) is 12.4 Å². The van der Waals surface area contributed by atoms with Crippen molar-refractivity contribution in [3.63, 3.8) is 0 Å². The molecule has 0 aliphatic rings. The molecular formula is C29H27NO6S. The van der Waals surface area contributed by atoms with Gasteiger partial charge in [-0.2, -0.15) is 0 Å². The Balaban J connectivity index is 1.89. The molecule has 0 saturated carbocycles. The third-order valence-electron chi connectivity index (χ3n) is 5.06. The van der Waals surface area contributed by atoms with Gasteiger partial charge in [0.25, 0.3) is 0 Å². The molecule has 0 aliphatic heterocycles. The van der Waals surface area contributed by atoms with Gasteiger partial charge in [0, 0.05) is 12.6 Å². The standard InChI is InChI=1S/C29H27NO6S/c1-2-28(31)35-22-21-30(23-24-13-6-3-7-14-24)20-12-19-27(29(32)36-25-15-8-4-9-16-25)37(33,34)26-17-10-5-11-18-26/h2-20H,1,21-23H2. The Bertz CT molecular complexity index is 1350. The zero-order valence-corrected chi connectivity index (χ0v) is 20.9. The molecule has 0 spiro atoms. The fourth-order valence-corrected chi connectivity index (χ4v) is 4.53. The summed E-state index contributed by atoms with van der Waals surface area (Å²) in [4.78, 5) is 25.7. The predicted molar refractivity (Wildman–Crippen MR) is 141 cm³/mol. The lowest BCUT2D eigenvalue weighted by Crippen LogP contribution is -2.23. The zero-order valence-electron chi connectivity index (χ0n) is 20.1. The molecule has 0 unspecified atom stereocenters. The molecule has 0 bridgehead atoms. The van der Waals surface area contributed by atoms with E-state index in [1.165, 1.54) is 24.3 Å². The van der Waals surface area contributed by atoms with E-state index in [-0.39, 0.29) is 17.3 Å². The summed E-state index contributed by atoms with van der Waals surface area (Å²) in [5.41, 5.74) is 0.992. The van der Waals surface area contributed by atoms with Crippen LogP contribution >= 0.6 is 0 Å². The van der Waals surface area contributed by atoms with Crippen molar-refractivity contribution in [2.75, 3.05) is 13.2 Å². The third kappa shape index (κ3) is 8.33. The third-order valence-corrected chi connectivity index (χ3v) is 6.83. The molecule has 0 heterocycles. The second-order valence-corrected chi connectivity index (χ2v) is 9.64. The Morgan fingerprint density at radius 2 is 1.46 bits per heavy atom. The number of rotatable bonds is 12. The van der Waals surface area contributed by atoms with Gasteiger partial charge in [0.2, 0.25) is 9.84 Å². The van der Waals surface area contributed by atoms with E-state index in [0.29, 0.717) is 13.1 Å². The molecule has 0 atom stereocenters. The second-order valence-electron chi connectivity index (χ2n) is 7.72. The molecule has 0 fully saturated rings. The van der Waals surface area contributed by atoms with Crippen LogP contribution in [0.5, 0.6) is 5.75 Å². The van der Waals surface area contributed by atoms with Gasteiger partial charge in [0.15, 0.2) is 4.91 Å². The summed E-state index contributed by atoms with van der Waals surface area (Å²) >= 11 is 0. The van der Waals surface area contributed by atoms with Crippen molar-refractivity contribution in [2.24, 2.45) is 0 Å². The minimum atomic E-state index is -4.17. The first-order valence-corrected chi connectivity index (χ1v) is 12.9. The predicted octanol–water partition coefficient (Wildman–Crippen LogP) is 4.69. The number of nitrogens with zero attached hydrogens (tertiary/aromatic N) is 1. The summed E-state index contributed by atoms with van der Waals surface area (Å²) < 4.78 is 37.1. The Kier molecular flexibility index (Phi) is 9.99. The van der Waals surface area contributed by atoms with Crippen molar-refractivity contribution in [2.45, 2.75) is 11.4 Å². The number of allylic oxidation sites excluding steroid dienone is 2. The van der Waals surface area contributed by atoms with Gasteiger partial charge in [-0.3, -0.25) is 0 Å². The maximum absolute atomic E-state index is 13.3. The first-order valence-electron chi connectivity index (χ1n) is 11.4. The summed E-state index contributed by atoms with van der Waals surface area (Å²) in [7, 11) is -4.17. The van der Waals surface area contributed by atoms with Crippen molar-refractivity contribution >= 4 is 21.8 Å². The lowest BCUT2D eigenvalue weighted by Gasteiger charge is -2.20. The molecule has 3 aromatic rings. The van der Waals surface area contributed by atoms with Crippen molar-refractivity contribution in [1.29, 1.82) is 0 Å². The van der Waals surface area contributed by atoms with Crippen LogP contribution in [0.15, 0.2) is 132 Å². The van der Waals surface area contributed by atoms with Crippen molar-refractivity contribution in [3.8, 4) is 5.75 Å². The van der Waals surface area contributed by atoms with Gasteiger partial charge in [-0.05, 0) is 48.2 Å². The molecule has 3 rings (SSSR count). The van der Waals surface area contributed by atoms with Crippen molar-refractivity contribution in [1.82, 2.24) is 4.90 Å². The van der Waals surface area contributed by atoms with Crippen LogP contribution in [0.3, 0.4) is 0 Å². The lowest BCUT2D eigenvalue weighted by molar-refractivity contribution is -0.138. The molecule has 0 amide bonds. The molecule has 0 radical (unpaired) electrons. The van der Waals surface area contributed by atoms with E-state index in [1.54, 1.807) is 54.7 Å². The first-order chi connectivity index (χ1) is 17.9. The van der Waals surface area contributed by atoms with Crippen LogP contribution in [0.4, 0.5) is 0 Å². The number of carbonyl (C=O) groups is 2. The summed E-state index contributed by atoms with van der Waals surface area (Å²) in [6, 6.07) is 25.5. The summed E-state index contributed by atoms with van der Waals surface area (Å²) in [6.07, 6.45) is 5.38. The van der Waals surface area contributed by atoms with Crippen LogP contribution < -0.4 is 4.74 Å². The highest BCUT2D eigenvalue weighted by molar-refractivity contribution is 7.96. The van der Waals surface area contributed by atoms with Gasteiger partial charge in [-0.1, -0.05) is 73.3 Å². The fraction of sp³-hybridized carbons (Fsp3) is 0.103. The Labute approximate surface area is 216 Å². The van der Waals surface area contributed by atoms with Gasteiger partial charge < -0.3 is 14.4 Å². The van der Waals surface area contributed by atoms with Crippen LogP contribution in [0.25, 0.3) is 0 Å². The smallest absolute Gasteiger partial charge is 0.355 e. The SMILES string of the molecule is C=CC(=O)OCCN(C=CC=C(C(=O)Oc1ccccc1)S(=O)(=O)c1ccccc1)Cc1ccccc1. The number of sulfone groups is 1. The normalized spacial score (nSPS) is 11.6. The van der Waals surface area contributed by atoms with E-state index in [4.69, 9.17) is 9.47 Å². The number of esters is 2. The molecular weight excluding hydrogens is 490 g/mol. The van der Waals surface area contributed by atoms with Crippen LogP contribution in [-0.4, -0.2) is 38.4 Å². The molecule has 0 saturated heterocycles.